The Hall–Kier alpha value is -0.890. The minimum atomic E-state index is -3.55. The smallest absolute Gasteiger partial charge is 0.244 e. The van der Waals surface area contributed by atoms with Gasteiger partial charge in [-0.2, -0.15) is 4.31 Å². The molecular weight excluding hydrogens is 288 g/mol. The molecule has 0 aliphatic heterocycles. The quantitative estimate of drug-likeness (QED) is 0.848. The third-order valence-corrected chi connectivity index (χ3v) is 4.73. The lowest BCUT2D eigenvalue weighted by Crippen LogP contribution is -2.33. The molecule has 0 saturated heterocycles. The SMILES string of the molecule is CNc1ncc(S(=O)(=O)N(C)CCN(C)C)cc1Cl. The topological polar surface area (TPSA) is 65.5 Å². The lowest BCUT2D eigenvalue weighted by atomic mass is 10.4. The number of halogens is 1. The van der Waals surface area contributed by atoms with Crippen molar-refractivity contribution in [1.29, 1.82) is 0 Å². The third kappa shape index (κ3) is 4.04. The molecule has 0 atom stereocenters. The highest BCUT2D eigenvalue weighted by atomic mass is 35.5. The van der Waals surface area contributed by atoms with Gasteiger partial charge >= 0.3 is 0 Å². The van der Waals surface area contributed by atoms with E-state index in [1.54, 1.807) is 14.1 Å². The summed E-state index contributed by atoms with van der Waals surface area (Å²) in [6.07, 6.45) is 1.30. The summed E-state index contributed by atoms with van der Waals surface area (Å²) in [7, 11) is 3.44. The van der Waals surface area contributed by atoms with Gasteiger partial charge in [-0.1, -0.05) is 11.6 Å². The van der Waals surface area contributed by atoms with Gasteiger partial charge in [0.2, 0.25) is 10.0 Å². The summed E-state index contributed by atoms with van der Waals surface area (Å²) in [6.45, 7) is 1.05. The number of hydrogen-bond acceptors (Lipinski definition) is 5. The maximum absolute atomic E-state index is 12.3. The Morgan fingerprint density at radius 3 is 2.42 bits per heavy atom. The van der Waals surface area contributed by atoms with Crippen LogP contribution in [-0.4, -0.2) is 63.9 Å². The number of nitrogens with one attached hydrogen (secondary N) is 1. The summed E-state index contributed by atoms with van der Waals surface area (Å²) in [6, 6.07) is 1.40. The van der Waals surface area contributed by atoms with Gasteiger partial charge < -0.3 is 10.2 Å². The number of likely N-dealkylation sites (N-methyl/N-ethyl adjacent to an activating group) is 2. The van der Waals surface area contributed by atoms with Gasteiger partial charge in [0, 0.05) is 33.4 Å². The molecule has 0 spiro atoms. The molecule has 0 aliphatic rings. The van der Waals surface area contributed by atoms with Crippen molar-refractivity contribution in [1.82, 2.24) is 14.2 Å². The van der Waals surface area contributed by atoms with Crippen molar-refractivity contribution in [3.8, 4) is 0 Å². The molecule has 0 unspecified atom stereocenters. The second-order valence-corrected chi connectivity index (χ2v) is 6.83. The molecule has 0 saturated carbocycles. The van der Waals surface area contributed by atoms with Crippen molar-refractivity contribution in [3.05, 3.63) is 17.3 Å². The van der Waals surface area contributed by atoms with Gasteiger partial charge in [0.05, 0.1) is 5.02 Å². The van der Waals surface area contributed by atoms with E-state index in [-0.39, 0.29) is 9.92 Å². The summed E-state index contributed by atoms with van der Waals surface area (Å²) in [5, 5.41) is 3.07. The number of pyridine rings is 1. The van der Waals surface area contributed by atoms with Crippen LogP contribution in [0, 0.1) is 0 Å². The van der Waals surface area contributed by atoms with Crippen LogP contribution in [0.4, 0.5) is 5.82 Å². The lowest BCUT2D eigenvalue weighted by molar-refractivity contribution is 0.358. The Morgan fingerprint density at radius 1 is 1.32 bits per heavy atom. The molecule has 1 aromatic heterocycles. The van der Waals surface area contributed by atoms with Crippen LogP contribution in [0.1, 0.15) is 0 Å². The molecule has 8 heteroatoms. The third-order valence-electron chi connectivity index (χ3n) is 2.62. The molecule has 1 rings (SSSR count). The predicted molar refractivity (Wildman–Crippen MR) is 77.2 cm³/mol. The van der Waals surface area contributed by atoms with E-state index >= 15 is 0 Å². The van der Waals surface area contributed by atoms with Crippen LogP contribution in [0.15, 0.2) is 17.2 Å². The number of aromatic nitrogens is 1. The van der Waals surface area contributed by atoms with E-state index in [0.29, 0.717) is 18.9 Å². The molecule has 0 bridgehead atoms. The molecule has 6 nitrogen and oxygen atoms in total. The van der Waals surface area contributed by atoms with Gasteiger partial charge in [0.1, 0.15) is 10.7 Å². The van der Waals surface area contributed by atoms with Crippen LogP contribution in [0.2, 0.25) is 5.02 Å². The van der Waals surface area contributed by atoms with Crippen LogP contribution < -0.4 is 5.32 Å². The zero-order valence-corrected chi connectivity index (χ0v) is 13.1. The van der Waals surface area contributed by atoms with Crippen LogP contribution in [0.25, 0.3) is 0 Å². The highest BCUT2D eigenvalue weighted by Crippen LogP contribution is 2.23. The molecule has 1 aromatic rings. The van der Waals surface area contributed by atoms with Crippen LogP contribution in [0.3, 0.4) is 0 Å². The molecule has 0 aliphatic carbocycles. The molecule has 0 fully saturated rings. The molecular formula is C11H19ClN4O2S. The van der Waals surface area contributed by atoms with Crippen molar-refractivity contribution in [2.24, 2.45) is 0 Å². The number of nitrogens with zero attached hydrogens (tertiary/aromatic N) is 3. The molecule has 1 N–H and O–H groups in total. The standard InChI is InChI=1S/C11H19ClN4O2S/c1-13-11-10(12)7-9(8-14-11)19(17,18)16(4)6-5-15(2)3/h7-8H,5-6H2,1-4H3,(H,13,14). The largest absolute Gasteiger partial charge is 0.372 e. The minimum absolute atomic E-state index is 0.0951. The van der Waals surface area contributed by atoms with Crippen LogP contribution in [-0.2, 0) is 10.0 Å². The van der Waals surface area contributed by atoms with E-state index in [0.717, 1.165) is 0 Å². The maximum atomic E-state index is 12.3. The lowest BCUT2D eigenvalue weighted by Gasteiger charge is -2.19. The zero-order valence-electron chi connectivity index (χ0n) is 11.5. The average molecular weight is 307 g/mol. The fraction of sp³-hybridized carbons (Fsp3) is 0.545. The van der Waals surface area contributed by atoms with Gasteiger partial charge in [-0.25, -0.2) is 13.4 Å². The van der Waals surface area contributed by atoms with Gasteiger partial charge in [-0.3, -0.25) is 0 Å². The first kappa shape index (κ1) is 16.2. The second-order valence-electron chi connectivity index (χ2n) is 4.38. The van der Waals surface area contributed by atoms with Gasteiger partial charge in [0.25, 0.3) is 0 Å². The van der Waals surface area contributed by atoms with E-state index in [1.807, 2.05) is 19.0 Å². The molecule has 19 heavy (non-hydrogen) atoms. The summed E-state index contributed by atoms with van der Waals surface area (Å²) in [5.74, 6) is 0.455. The second kappa shape index (κ2) is 6.51. The Labute approximate surface area is 119 Å². The number of anilines is 1. The van der Waals surface area contributed by atoms with Gasteiger partial charge in [-0.05, 0) is 20.2 Å². The van der Waals surface area contributed by atoms with Crippen molar-refractivity contribution in [2.45, 2.75) is 4.90 Å². The van der Waals surface area contributed by atoms with Gasteiger partial charge in [0.15, 0.2) is 0 Å². The predicted octanol–water partition coefficient (Wildman–Crippen LogP) is 0.959. The normalized spacial score (nSPS) is 12.2. The number of rotatable bonds is 6. The first-order valence-corrected chi connectivity index (χ1v) is 7.55. The molecule has 0 radical (unpaired) electrons. The Morgan fingerprint density at radius 2 is 1.95 bits per heavy atom. The van der Waals surface area contributed by atoms with Crippen molar-refractivity contribution >= 4 is 27.4 Å². The van der Waals surface area contributed by atoms with Crippen molar-refractivity contribution in [2.75, 3.05) is 46.6 Å². The molecule has 1 heterocycles. The first-order chi connectivity index (χ1) is 8.78. The fourth-order valence-corrected chi connectivity index (χ4v) is 2.85. The van der Waals surface area contributed by atoms with Crippen LogP contribution >= 0.6 is 11.6 Å². The molecule has 0 aromatic carbocycles. The highest BCUT2D eigenvalue weighted by molar-refractivity contribution is 7.89. The first-order valence-electron chi connectivity index (χ1n) is 5.73. The van der Waals surface area contributed by atoms with Gasteiger partial charge in [-0.15, -0.1) is 0 Å². The van der Waals surface area contributed by atoms with E-state index in [4.69, 9.17) is 11.6 Å². The summed E-state index contributed by atoms with van der Waals surface area (Å²) in [5.41, 5.74) is 0. The Bertz CT molecular complexity index is 533. The summed E-state index contributed by atoms with van der Waals surface area (Å²) in [4.78, 5) is 5.99. The van der Waals surface area contributed by atoms with Crippen molar-refractivity contribution in [3.63, 3.8) is 0 Å². The Kier molecular flexibility index (Phi) is 5.54. The van der Waals surface area contributed by atoms with E-state index < -0.39 is 10.0 Å². The highest BCUT2D eigenvalue weighted by Gasteiger charge is 2.22. The van der Waals surface area contributed by atoms with E-state index in [9.17, 15) is 8.42 Å². The van der Waals surface area contributed by atoms with E-state index in [1.165, 1.54) is 16.6 Å². The monoisotopic (exact) mass is 306 g/mol. The number of hydrogen-bond donors (Lipinski definition) is 1. The Balaban J connectivity index is 2.96. The number of sulfonamides is 1. The zero-order chi connectivity index (χ0) is 14.6. The van der Waals surface area contributed by atoms with Crippen molar-refractivity contribution < 1.29 is 8.42 Å². The molecule has 0 amide bonds. The fourth-order valence-electron chi connectivity index (χ4n) is 1.39. The minimum Gasteiger partial charge on any atom is -0.372 e. The van der Waals surface area contributed by atoms with E-state index in [2.05, 4.69) is 10.3 Å². The summed E-state index contributed by atoms with van der Waals surface area (Å²) >= 11 is 5.95. The molecule has 108 valence electrons. The maximum Gasteiger partial charge on any atom is 0.244 e. The summed E-state index contributed by atoms with van der Waals surface area (Å²) < 4.78 is 25.9. The van der Waals surface area contributed by atoms with Crippen LogP contribution in [0.5, 0.6) is 0 Å². The average Bonchev–Trinajstić information content (AvgIpc) is 2.35.